The lowest BCUT2D eigenvalue weighted by Gasteiger charge is -2.36. The van der Waals surface area contributed by atoms with Gasteiger partial charge in [0.25, 0.3) is 0 Å². The summed E-state index contributed by atoms with van der Waals surface area (Å²) in [5.74, 6) is 2.82. The molecule has 2 aliphatic rings. The Kier molecular flexibility index (Phi) is 10.1. The molecular weight excluding hydrogens is 492 g/mol. The van der Waals surface area contributed by atoms with Gasteiger partial charge in [-0.1, -0.05) is 120 Å². The van der Waals surface area contributed by atoms with Crippen LogP contribution in [0.3, 0.4) is 0 Å². The highest BCUT2D eigenvalue weighted by Crippen LogP contribution is 2.43. The highest BCUT2D eigenvalue weighted by Gasteiger charge is 2.29. The molecule has 0 spiro atoms. The zero-order valence-corrected chi connectivity index (χ0v) is 26.9. The first-order chi connectivity index (χ1) is 19.9. The maximum absolute atomic E-state index is 2.59. The van der Waals surface area contributed by atoms with Crippen LogP contribution in [-0.4, -0.2) is 0 Å². The Hall–Kier alpha value is -2.34. The van der Waals surface area contributed by atoms with Crippen LogP contribution in [0.2, 0.25) is 0 Å². The maximum Gasteiger partial charge on any atom is -0.00201 e. The summed E-state index contributed by atoms with van der Waals surface area (Å²) in [4.78, 5) is 0. The van der Waals surface area contributed by atoms with Crippen molar-refractivity contribution in [2.24, 2.45) is 11.8 Å². The van der Waals surface area contributed by atoms with Gasteiger partial charge in [-0.25, -0.2) is 0 Å². The highest BCUT2D eigenvalue weighted by atomic mass is 14.3. The number of hydrogen-bond acceptors (Lipinski definition) is 0. The molecule has 0 atom stereocenters. The largest absolute Gasteiger partial charge is 0.0645 e. The number of aryl methyl sites for hydroxylation is 2. The van der Waals surface area contributed by atoms with Crippen LogP contribution >= 0.6 is 0 Å². The molecule has 0 heteroatoms. The first kappa shape index (κ1) is 30.1. The molecule has 2 saturated carbocycles. The summed E-state index contributed by atoms with van der Waals surface area (Å²) in [6.45, 7) is 11.7. The average molecular weight is 549 g/mol. The third-order valence-corrected chi connectivity index (χ3v) is 11.6. The van der Waals surface area contributed by atoms with Gasteiger partial charge in [-0.3, -0.25) is 0 Å². The number of hydrogen-bond donors (Lipinski definition) is 0. The van der Waals surface area contributed by atoms with Gasteiger partial charge in [-0.15, -0.1) is 0 Å². The third-order valence-electron chi connectivity index (χ3n) is 11.6. The standard InChI is InChI=1S/C41H56/c1-6-32-28-37(35-22-20-34(21-23-35)33-14-10-9-11-15-33)25-24-36(32)26-31-19-18-30(4)39(27-31)29-38-16-12-13-17-40(38)41(5,7-2)8-3/h12-13,16-19,24-25,27-28,33-35H,6-11,14-15,20-23,26,29H2,1-5H3. The van der Waals surface area contributed by atoms with Gasteiger partial charge in [-0.2, -0.15) is 0 Å². The molecule has 41 heavy (non-hydrogen) atoms. The van der Waals surface area contributed by atoms with E-state index in [4.69, 9.17) is 0 Å². The minimum absolute atomic E-state index is 0.245. The fourth-order valence-corrected chi connectivity index (χ4v) is 8.28. The van der Waals surface area contributed by atoms with Gasteiger partial charge in [0.1, 0.15) is 0 Å². The molecule has 3 aromatic carbocycles. The van der Waals surface area contributed by atoms with Crippen LogP contribution in [0.1, 0.15) is 149 Å². The molecule has 2 aliphatic carbocycles. The second-order valence-corrected chi connectivity index (χ2v) is 13.9. The Labute approximate surface area is 252 Å². The van der Waals surface area contributed by atoms with Crippen molar-refractivity contribution in [2.45, 2.75) is 136 Å². The summed E-state index contributed by atoms with van der Waals surface area (Å²) >= 11 is 0. The zero-order valence-electron chi connectivity index (χ0n) is 26.9. The topological polar surface area (TPSA) is 0 Å². The van der Waals surface area contributed by atoms with Crippen molar-refractivity contribution in [3.63, 3.8) is 0 Å². The average Bonchev–Trinajstić information content (AvgIpc) is 3.03. The third kappa shape index (κ3) is 7.01. The van der Waals surface area contributed by atoms with Crippen LogP contribution in [0.4, 0.5) is 0 Å². The van der Waals surface area contributed by atoms with Gasteiger partial charge in [0, 0.05) is 0 Å². The molecule has 220 valence electrons. The maximum atomic E-state index is 2.59. The van der Waals surface area contributed by atoms with Crippen LogP contribution in [0.5, 0.6) is 0 Å². The summed E-state index contributed by atoms with van der Waals surface area (Å²) in [5, 5.41) is 0. The van der Waals surface area contributed by atoms with Gasteiger partial charge in [0.15, 0.2) is 0 Å². The SMILES string of the molecule is CCc1cc(C2CCC(C3CCCCC3)CC2)ccc1Cc1ccc(C)c(Cc2ccccc2C(C)(CC)CC)c1. The lowest BCUT2D eigenvalue weighted by Crippen LogP contribution is -2.23. The van der Waals surface area contributed by atoms with Crippen LogP contribution in [0, 0.1) is 18.8 Å². The quantitative estimate of drug-likeness (QED) is 0.236. The second-order valence-electron chi connectivity index (χ2n) is 13.9. The molecule has 0 unspecified atom stereocenters. The molecule has 0 bridgehead atoms. The molecule has 0 amide bonds. The molecule has 0 aliphatic heterocycles. The predicted molar refractivity (Wildman–Crippen MR) is 178 cm³/mol. The lowest BCUT2D eigenvalue weighted by molar-refractivity contribution is 0.186. The van der Waals surface area contributed by atoms with Gasteiger partial charge < -0.3 is 0 Å². The van der Waals surface area contributed by atoms with Crippen LogP contribution < -0.4 is 0 Å². The van der Waals surface area contributed by atoms with Crippen molar-refractivity contribution < 1.29 is 0 Å². The van der Waals surface area contributed by atoms with Crippen molar-refractivity contribution in [1.82, 2.24) is 0 Å². The van der Waals surface area contributed by atoms with Gasteiger partial charge in [0.2, 0.25) is 0 Å². The van der Waals surface area contributed by atoms with Crippen LogP contribution in [0.25, 0.3) is 0 Å². The summed E-state index contributed by atoms with van der Waals surface area (Å²) in [6.07, 6.45) is 18.7. The van der Waals surface area contributed by atoms with E-state index in [9.17, 15) is 0 Å². The van der Waals surface area contributed by atoms with E-state index in [0.717, 1.165) is 37.0 Å². The first-order valence-corrected chi connectivity index (χ1v) is 17.2. The van der Waals surface area contributed by atoms with E-state index in [2.05, 4.69) is 95.3 Å². The molecule has 0 aromatic heterocycles. The molecule has 2 fully saturated rings. The van der Waals surface area contributed by atoms with E-state index >= 15 is 0 Å². The molecule has 0 saturated heterocycles. The Morgan fingerprint density at radius 3 is 2.05 bits per heavy atom. The fraction of sp³-hybridized carbons (Fsp3) is 0.561. The second kappa shape index (κ2) is 13.8. The lowest BCUT2D eigenvalue weighted by atomic mass is 9.70. The van der Waals surface area contributed by atoms with E-state index < -0.39 is 0 Å². The van der Waals surface area contributed by atoms with Crippen molar-refractivity contribution in [2.75, 3.05) is 0 Å². The molecule has 5 rings (SSSR count). The summed E-state index contributed by atoms with van der Waals surface area (Å²) in [6, 6.07) is 24.0. The number of rotatable bonds is 10. The molecular formula is C41H56. The summed E-state index contributed by atoms with van der Waals surface area (Å²) in [7, 11) is 0. The van der Waals surface area contributed by atoms with E-state index in [0.29, 0.717) is 0 Å². The van der Waals surface area contributed by atoms with Gasteiger partial charge >= 0.3 is 0 Å². The van der Waals surface area contributed by atoms with Crippen LogP contribution in [-0.2, 0) is 24.7 Å². The minimum atomic E-state index is 0.245. The summed E-state index contributed by atoms with van der Waals surface area (Å²) in [5.41, 5.74) is 12.3. The molecule has 0 radical (unpaired) electrons. The van der Waals surface area contributed by atoms with Crippen molar-refractivity contribution in [1.29, 1.82) is 0 Å². The van der Waals surface area contributed by atoms with Crippen molar-refractivity contribution in [3.05, 3.63) is 105 Å². The fourth-order valence-electron chi connectivity index (χ4n) is 8.28. The molecule has 0 nitrogen and oxygen atoms in total. The first-order valence-electron chi connectivity index (χ1n) is 17.2. The van der Waals surface area contributed by atoms with Gasteiger partial charge in [0.05, 0.1) is 0 Å². The molecule has 0 heterocycles. The normalized spacial score (nSPS) is 20.3. The Morgan fingerprint density at radius 1 is 0.634 bits per heavy atom. The van der Waals surface area contributed by atoms with Crippen LogP contribution in [0.15, 0.2) is 60.7 Å². The monoisotopic (exact) mass is 548 g/mol. The van der Waals surface area contributed by atoms with Gasteiger partial charge in [-0.05, 0) is 132 Å². The van der Waals surface area contributed by atoms with E-state index in [1.54, 1.807) is 11.1 Å². The van der Waals surface area contributed by atoms with Crippen molar-refractivity contribution in [3.8, 4) is 0 Å². The van der Waals surface area contributed by atoms with E-state index in [1.807, 2.05) is 0 Å². The Bertz CT molecular complexity index is 1260. The Morgan fingerprint density at radius 2 is 1.34 bits per heavy atom. The Balaban J connectivity index is 1.29. The smallest absolute Gasteiger partial charge is 0.00201 e. The predicted octanol–water partition coefficient (Wildman–Crippen LogP) is 11.7. The number of benzene rings is 3. The van der Waals surface area contributed by atoms with E-state index in [1.165, 1.54) is 104 Å². The highest BCUT2D eigenvalue weighted by molar-refractivity contribution is 5.43. The summed E-state index contributed by atoms with van der Waals surface area (Å²) < 4.78 is 0. The van der Waals surface area contributed by atoms with Crippen molar-refractivity contribution >= 4 is 0 Å². The molecule has 3 aromatic rings. The van der Waals surface area contributed by atoms with E-state index in [-0.39, 0.29) is 5.41 Å². The zero-order chi connectivity index (χ0) is 28.8. The minimum Gasteiger partial charge on any atom is -0.0645 e. The molecule has 0 N–H and O–H groups in total.